The molecule has 21 heavy (non-hydrogen) atoms. The molecule has 2 aromatic rings. The second kappa shape index (κ2) is 6.78. The molecule has 0 bridgehead atoms. The molecule has 2 rings (SSSR count). The summed E-state index contributed by atoms with van der Waals surface area (Å²) in [4.78, 5) is 0.861. The van der Waals surface area contributed by atoms with Gasteiger partial charge in [-0.1, -0.05) is 19.1 Å². The maximum absolute atomic E-state index is 13.6. The molecule has 0 aliphatic heterocycles. The van der Waals surface area contributed by atoms with Gasteiger partial charge in [0.2, 0.25) is 0 Å². The van der Waals surface area contributed by atoms with Crippen LogP contribution in [0.4, 0.5) is 15.8 Å². The van der Waals surface area contributed by atoms with E-state index in [-0.39, 0.29) is 5.56 Å². The summed E-state index contributed by atoms with van der Waals surface area (Å²) in [5.41, 5.74) is 1.36. The zero-order valence-corrected chi connectivity index (χ0v) is 12.2. The Morgan fingerprint density at radius 2 is 1.67 bits per heavy atom. The van der Waals surface area contributed by atoms with Crippen molar-refractivity contribution in [3.05, 3.63) is 53.3 Å². The van der Waals surface area contributed by atoms with Gasteiger partial charge in [-0.15, -0.1) is 11.8 Å². The van der Waals surface area contributed by atoms with Crippen molar-refractivity contribution in [2.75, 3.05) is 11.1 Å². The summed E-state index contributed by atoms with van der Waals surface area (Å²) >= 11 is 1.56. The predicted molar refractivity (Wildman–Crippen MR) is 82.0 cm³/mol. The number of rotatable bonds is 4. The van der Waals surface area contributed by atoms with Crippen LogP contribution in [-0.2, 0) is 0 Å². The predicted octanol–water partition coefficient (Wildman–Crippen LogP) is 4.42. The van der Waals surface area contributed by atoms with Crippen LogP contribution in [0.15, 0.2) is 41.3 Å². The second-order valence-electron chi connectivity index (χ2n) is 4.12. The van der Waals surface area contributed by atoms with Crippen molar-refractivity contribution >= 4 is 23.1 Å². The highest BCUT2D eigenvalue weighted by Gasteiger charge is 2.12. The molecule has 0 fully saturated rings. The van der Waals surface area contributed by atoms with E-state index in [9.17, 15) is 9.65 Å². The van der Waals surface area contributed by atoms with E-state index in [1.807, 2.05) is 25.1 Å². The number of thioether (sulfide) groups is 1. The maximum Gasteiger partial charge on any atom is 0.143 e. The van der Waals surface area contributed by atoms with Gasteiger partial charge in [-0.05, 0) is 30.0 Å². The van der Waals surface area contributed by atoms with Crippen molar-refractivity contribution in [2.45, 2.75) is 11.8 Å². The molecule has 0 spiro atoms. The van der Waals surface area contributed by atoms with Crippen molar-refractivity contribution in [3.8, 4) is 12.1 Å². The molecule has 0 amide bonds. The van der Waals surface area contributed by atoms with E-state index in [1.54, 1.807) is 23.9 Å². The zero-order valence-electron chi connectivity index (χ0n) is 11.4. The van der Waals surface area contributed by atoms with Gasteiger partial charge in [-0.25, -0.2) is 4.39 Å². The van der Waals surface area contributed by atoms with Crippen LogP contribution in [-0.4, -0.2) is 5.75 Å². The lowest BCUT2D eigenvalue weighted by Crippen LogP contribution is -1.99. The van der Waals surface area contributed by atoms with Crippen molar-refractivity contribution in [1.29, 1.82) is 10.5 Å². The maximum atomic E-state index is 13.6. The lowest BCUT2D eigenvalue weighted by Gasteiger charge is -2.12. The molecular formula is C16H12FN3S. The summed E-state index contributed by atoms with van der Waals surface area (Å²) < 4.78 is 13.6. The van der Waals surface area contributed by atoms with Crippen LogP contribution in [0.2, 0.25) is 0 Å². The summed E-state index contributed by atoms with van der Waals surface area (Å²) in [5.74, 6) is 0.266. The molecule has 0 aromatic heterocycles. The van der Waals surface area contributed by atoms with Gasteiger partial charge in [-0.3, -0.25) is 0 Å². The number of hydrogen-bond acceptors (Lipinski definition) is 4. The molecule has 0 saturated heterocycles. The minimum Gasteiger partial charge on any atom is -0.353 e. The summed E-state index contributed by atoms with van der Waals surface area (Å²) in [6.07, 6.45) is 0. The smallest absolute Gasteiger partial charge is 0.143 e. The first-order valence-electron chi connectivity index (χ1n) is 6.32. The number of anilines is 2. The van der Waals surface area contributed by atoms with E-state index in [0.29, 0.717) is 16.9 Å². The molecule has 2 aromatic carbocycles. The second-order valence-corrected chi connectivity index (χ2v) is 5.43. The van der Waals surface area contributed by atoms with Crippen LogP contribution in [0.1, 0.15) is 18.1 Å². The third-order valence-corrected chi connectivity index (χ3v) is 3.77. The molecule has 0 radical (unpaired) electrons. The number of nitriles is 2. The van der Waals surface area contributed by atoms with Gasteiger partial charge >= 0.3 is 0 Å². The van der Waals surface area contributed by atoms with Crippen LogP contribution < -0.4 is 5.32 Å². The first-order valence-corrected chi connectivity index (χ1v) is 7.31. The van der Waals surface area contributed by atoms with Gasteiger partial charge in [0, 0.05) is 4.90 Å². The fourth-order valence-corrected chi connectivity index (χ4v) is 2.70. The van der Waals surface area contributed by atoms with E-state index in [1.165, 1.54) is 12.1 Å². The highest BCUT2D eigenvalue weighted by molar-refractivity contribution is 7.99. The molecule has 5 heteroatoms. The standard InChI is InChI=1S/C16H12FN3S/c1-2-21-16-8-4-7-15(12(16)10-19)20-14-6-3-5-13(17)11(14)9-18/h3-8,20H,2H2,1H3. The first kappa shape index (κ1) is 14.9. The lowest BCUT2D eigenvalue weighted by atomic mass is 10.1. The summed E-state index contributed by atoms with van der Waals surface area (Å²) in [6, 6.07) is 13.8. The fraction of sp³-hybridized carbons (Fsp3) is 0.125. The van der Waals surface area contributed by atoms with Gasteiger partial charge in [-0.2, -0.15) is 10.5 Å². The van der Waals surface area contributed by atoms with Gasteiger partial charge in [0.05, 0.1) is 16.9 Å². The molecule has 0 unspecified atom stereocenters. The topological polar surface area (TPSA) is 59.6 Å². The third kappa shape index (κ3) is 3.16. The Bertz CT molecular complexity index is 744. The number of benzene rings is 2. The third-order valence-electron chi connectivity index (χ3n) is 2.83. The average molecular weight is 297 g/mol. The summed E-state index contributed by atoms with van der Waals surface area (Å²) in [7, 11) is 0. The minimum atomic E-state index is -0.583. The Balaban J connectivity index is 2.46. The van der Waals surface area contributed by atoms with Crippen LogP contribution in [0, 0.1) is 28.5 Å². The van der Waals surface area contributed by atoms with Crippen molar-refractivity contribution in [1.82, 2.24) is 0 Å². The van der Waals surface area contributed by atoms with Crippen LogP contribution in [0.5, 0.6) is 0 Å². The highest BCUT2D eigenvalue weighted by Crippen LogP contribution is 2.31. The van der Waals surface area contributed by atoms with Crippen LogP contribution >= 0.6 is 11.8 Å². The molecule has 0 aliphatic carbocycles. The lowest BCUT2D eigenvalue weighted by molar-refractivity contribution is 0.624. The SMILES string of the molecule is CCSc1cccc(Nc2cccc(F)c2C#N)c1C#N. The molecular weight excluding hydrogens is 285 g/mol. The Hall–Kier alpha value is -2.50. The Morgan fingerprint density at radius 3 is 2.29 bits per heavy atom. The number of nitrogens with zero attached hydrogens (tertiary/aromatic N) is 2. The normalized spacial score (nSPS) is 9.71. The molecule has 0 heterocycles. The molecule has 0 aliphatic rings. The Kier molecular flexibility index (Phi) is 4.81. The highest BCUT2D eigenvalue weighted by atomic mass is 32.2. The molecule has 0 atom stereocenters. The quantitative estimate of drug-likeness (QED) is 0.848. The van der Waals surface area contributed by atoms with Crippen molar-refractivity contribution in [2.24, 2.45) is 0 Å². The molecule has 1 N–H and O–H groups in total. The number of hydrogen-bond donors (Lipinski definition) is 1. The van der Waals surface area contributed by atoms with Crippen molar-refractivity contribution in [3.63, 3.8) is 0 Å². The Morgan fingerprint density at radius 1 is 1.05 bits per heavy atom. The van der Waals surface area contributed by atoms with Gasteiger partial charge in [0.15, 0.2) is 0 Å². The van der Waals surface area contributed by atoms with E-state index in [2.05, 4.69) is 11.4 Å². The van der Waals surface area contributed by atoms with Crippen LogP contribution in [0.25, 0.3) is 0 Å². The van der Waals surface area contributed by atoms with E-state index >= 15 is 0 Å². The molecule has 3 nitrogen and oxygen atoms in total. The van der Waals surface area contributed by atoms with Gasteiger partial charge < -0.3 is 5.32 Å². The van der Waals surface area contributed by atoms with Gasteiger partial charge in [0.25, 0.3) is 0 Å². The Labute approximate surface area is 127 Å². The molecule has 0 saturated carbocycles. The monoisotopic (exact) mass is 297 g/mol. The first-order chi connectivity index (χ1) is 10.2. The van der Waals surface area contributed by atoms with Gasteiger partial charge in [0.1, 0.15) is 23.5 Å². The zero-order chi connectivity index (χ0) is 15.2. The van der Waals surface area contributed by atoms with E-state index < -0.39 is 5.82 Å². The summed E-state index contributed by atoms with van der Waals surface area (Å²) in [6.45, 7) is 2.01. The average Bonchev–Trinajstić information content (AvgIpc) is 2.48. The van der Waals surface area contributed by atoms with E-state index in [0.717, 1.165) is 10.6 Å². The fourth-order valence-electron chi connectivity index (χ4n) is 1.91. The van der Waals surface area contributed by atoms with Crippen LogP contribution in [0.3, 0.4) is 0 Å². The minimum absolute atomic E-state index is 0.0602. The molecule has 104 valence electrons. The largest absolute Gasteiger partial charge is 0.353 e. The number of halogens is 1. The van der Waals surface area contributed by atoms with Crippen molar-refractivity contribution < 1.29 is 4.39 Å². The summed E-state index contributed by atoms with van der Waals surface area (Å²) in [5, 5.41) is 21.4. The number of nitrogens with one attached hydrogen (secondary N) is 1. The van der Waals surface area contributed by atoms with E-state index in [4.69, 9.17) is 5.26 Å².